The molecular formula is C9H21NO2. The highest BCUT2D eigenvalue weighted by atomic mass is 16.3. The summed E-state index contributed by atoms with van der Waals surface area (Å²) in [6.45, 7) is 9.04. The Balaban J connectivity index is 0. The van der Waals surface area contributed by atoms with Gasteiger partial charge in [0.15, 0.2) is 0 Å². The van der Waals surface area contributed by atoms with Crippen LogP contribution in [0.15, 0.2) is 0 Å². The van der Waals surface area contributed by atoms with Crippen molar-refractivity contribution in [2.75, 3.05) is 0 Å². The minimum Gasteiger partial charge on any atom is -0.391 e. The molecule has 0 fully saturated rings. The summed E-state index contributed by atoms with van der Waals surface area (Å²) in [5.74, 6) is -0.125. The van der Waals surface area contributed by atoms with E-state index in [2.05, 4.69) is 0 Å². The summed E-state index contributed by atoms with van der Waals surface area (Å²) in [4.78, 5) is 10.6. The molecule has 0 aliphatic carbocycles. The topological polar surface area (TPSA) is 63.3 Å². The Morgan fingerprint density at radius 2 is 1.67 bits per heavy atom. The van der Waals surface area contributed by atoms with E-state index in [0.29, 0.717) is 0 Å². The Hall–Kier alpha value is -0.410. The molecule has 0 aromatic heterocycles. The number of nitrogens with two attached hydrogens (primary N) is 1. The predicted molar refractivity (Wildman–Crippen MR) is 50.8 cm³/mol. The zero-order valence-corrected chi connectivity index (χ0v) is 8.66. The van der Waals surface area contributed by atoms with Crippen LogP contribution in [0.5, 0.6) is 0 Å². The van der Waals surface area contributed by atoms with Crippen molar-refractivity contribution in [3.8, 4) is 0 Å². The lowest BCUT2D eigenvalue weighted by atomic mass is 9.98. The molecule has 0 amide bonds. The van der Waals surface area contributed by atoms with Crippen LogP contribution in [0, 0.1) is 5.92 Å². The third-order valence-corrected chi connectivity index (χ3v) is 1.52. The fourth-order valence-corrected chi connectivity index (χ4v) is 0.655. The van der Waals surface area contributed by atoms with Crippen LogP contribution in [0.2, 0.25) is 0 Å². The van der Waals surface area contributed by atoms with Gasteiger partial charge in [-0.25, -0.2) is 0 Å². The molecule has 0 saturated heterocycles. The van der Waals surface area contributed by atoms with Crippen LogP contribution >= 0.6 is 0 Å². The zero-order chi connectivity index (χ0) is 10.3. The Kier molecular flexibility index (Phi) is 8.54. The van der Waals surface area contributed by atoms with Gasteiger partial charge in [0.1, 0.15) is 5.78 Å². The first-order valence-electron chi connectivity index (χ1n) is 4.41. The predicted octanol–water partition coefficient (Wildman–Crippen LogP) is 0.946. The van der Waals surface area contributed by atoms with Crippen molar-refractivity contribution < 1.29 is 9.90 Å². The maximum atomic E-state index is 10.6. The lowest BCUT2D eigenvalue weighted by molar-refractivity contribution is -0.121. The lowest BCUT2D eigenvalue weighted by Crippen LogP contribution is -2.43. The molecule has 12 heavy (non-hydrogen) atoms. The van der Waals surface area contributed by atoms with Crippen molar-refractivity contribution in [2.24, 2.45) is 11.7 Å². The van der Waals surface area contributed by atoms with Gasteiger partial charge in [-0.15, -0.1) is 0 Å². The Bertz CT molecular complexity index is 124. The molecule has 0 spiro atoms. The summed E-state index contributed by atoms with van der Waals surface area (Å²) in [6, 6.07) is -0.722. The van der Waals surface area contributed by atoms with Crippen LogP contribution in [-0.2, 0) is 4.79 Å². The fraction of sp³-hybridized carbons (Fsp3) is 0.889. The zero-order valence-electron chi connectivity index (χ0n) is 8.66. The standard InChI is InChI=1S/C7H15NO2.C2H6/c1-4(2)7(10)6(8)5(3)9;1-2/h4,6-7,10H,8H2,1-3H3;1-2H3. The van der Waals surface area contributed by atoms with Gasteiger partial charge < -0.3 is 10.8 Å². The molecule has 3 nitrogen and oxygen atoms in total. The van der Waals surface area contributed by atoms with Gasteiger partial charge in [0.2, 0.25) is 0 Å². The quantitative estimate of drug-likeness (QED) is 0.671. The molecule has 3 heteroatoms. The van der Waals surface area contributed by atoms with Gasteiger partial charge in [0.25, 0.3) is 0 Å². The molecule has 3 N–H and O–H groups in total. The van der Waals surface area contributed by atoms with Gasteiger partial charge in [0.05, 0.1) is 12.1 Å². The molecule has 0 heterocycles. The molecule has 2 unspecified atom stereocenters. The van der Waals surface area contributed by atoms with E-state index in [4.69, 9.17) is 5.73 Å². The third-order valence-electron chi connectivity index (χ3n) is 1.52. The van der Waals surface area contributed by atoms with Crippen LogP contribution in [0.4, 0.5) is 0 Å². The van der Waals surface area contributed by atoms with Crippen molar-refractivity contribution in [3.63, 3.8) is 0 Å². The van der Waals surface area contributed by atoms with E-state index in [-0.39, 0.29) is 11.7 Å². The Labute approximate surface area is 75.0 Å². The number of hydrogen-bond donors (Lipinski definition) is 2. The Morgan fingerprint density at radius 3 is 1.75 bits per heavy atom. The van der Waals surface area contributed by atoms with Gasteiger partial charge in [0, 0.05) is 0 Å². The van der Waals surface area contributed by atoms with Crippen molar-refractivity contribution >= 4 is 5.78 Å². The summed E-state index contributed by atoms with van der Waals surface area (Å²) in [6.07, 6.45) is -0.711. The highest BCUT2D eigenvalue weighted by molar-refractivity contribution is 5.81. The smallest absolute Gasteiger partial charge is 0.149 e. The van der Waals surface area contributed by atoms with Gasteiger partial charge in [-0.2, -0.15) is 0 Å². The summed E-state index contributed by atoms with van der Waals surface area (Å²) in [5.41, 5.74) is 5.36. The molecule has 74 valence electrons. The number of rotatable bonds is 3. The molecule has 0 aromatic rings. The van der Waals surface area contributed by atoms with Gasteiger partial charge >= 0.3 is 0 Å². The first-order chi connectivity index (χ1) is 5.46. The minimum atomic E-state index is -0.722. The summed E-state index contributed by atoms with van der Waals surface area (Å²) >= 11 is 0. The van der Waals surface area contributed by atoms with E-state index in [1.165, 1.54) is 6.92 Å². The van der Waals surface area contributed by atoms with Crippen molar-refractivity contribution in [1.29, 1.82) is 0 Å². The summed E-state index contributed by atoms with van der Waals surface area (Å²) < 4.78 is 0. The number of aliphatic hydroxyl groups excluding tert-OH is 1. The maximum Gasteiger partial charge on any atom is 0.149 e. The van der Waals surface area contributed by atoms with Crippen molar-refractivity contribution in [3.05, 3.63) is 0 Å². The number of aliphatic hydroxyl groups is 1. The average Bonchev–Trinajstić information content (AvgIpc) is 2.05. The maximum absolute atomic E-state index is 10.6. The normalized spacial score (nSPS) is 14.7. The van der Waals surface area contributed by atoms with Crippen LogP contribution < -0.4 is 5.73 Å². The average molecular weight is 175 g/mol. The van der Waals surface area contributed by atoms with E-state index >= 15 is 0 Å². The molecule has 0 aromatic carbocycles. The van der Waals surface area contributed by atoms with Gasteiger partial charge in [-0.3, -0.25) is 4.79 Å². The second kappa shape index (κ2) is 7.25. The van der Waals surface area contributed by atoms with Gasteiger partial charge in [-0.05, 0) is 12.8 Å². The van der Waals surface area contributed by atoms with E-state index in [1.807, 2.05) is 27.7 Å². The van der Waals surface area contributed by atoms with Crippen LogP contribution in [0.1, 0.15) is 34.6 Å². The number of carbonyl (C=O) groups excluding carboxylic acids is 1. The van der Waals surface area contributed by atoms with Crippen LogP contribution in [0.25, 0.3) is 0 Å². The number of Topliss-reactive ketones (excluding diaryl/α,β-unsaturated/α-hetero) is 1. The monoisotopic (exact) mass is 175 g/mol. The van der Waals surface area contributed by atoms with Crippen LogP contribution in [0.3, 0.4) is 0 Å². The number of ketones is 1. The SMILES string of the molecule is CC.CC(=O)C(N)C(O)C(C)C. The largest absolute Gasteiger partial charge is 0.391 e. The van der Waals surface area contributed by atoms with Gasteiger partial charge in [-0.1, -0.05) is 27.7 Å². The van der Waals surface area contributed by atoms with Crippen LogP contribution in [-0.4, -0.2) is 23.0 Å². The molecule has 0 saturated carbocycles. The highest BCUT2D eigenvalue weighted by Crippen LogP contribution is 2.04. The second-order valence-electron chi connectivity index (χ2n) is 2.87. The molecular weight excluding hydrogens is 154 g/mol. The molecule has 0 bridgehead atoms. The third kappa shape index (κ3) is 5.27. The lowest BCUT2D eigenvalue weighted by Gasteiger charge is -2.19. The van der Waals surface area contributed by atoms with E-state index in [9.17, 15) is 9.90 Å². The minimum absolute atomic E-state index is 0.0406. The number of hydrogen-bond acceptors (Lipinski definition) is 3. The Morgan fingerprint density at radius 1 is 1.33 bits per heavy atom. The van der Waals surface area contributed by atoms with E-state index in [1.54, 1.807) is 0 Å². The van der Waals surface area contributed by atoms with Crippen molar-refractivity contribution in [1.82, 2.24) is 0 Å². The van der Waals surface area contributed by atoms with E-state index in [0.717, 1.165) is 0 Å². The first kappa shape index (κ1) is 14.1. The number of carbonyl (C=O) groups is 1. The first-order valence-corrected chi connectivity index (χ1v) is 4.41. The molecule has 0 aliphatic heterocycles. The summed E-state index contributed by atoms with van der Waals surface area (Å²) in [5, 5.41) is 9.22. The fourth-order valence-electron chi connectivity index (χ4n) is 0.655. The van der Waals surface area contributed by atoms with Crippen molar-refractivity contribution in [2.45, 2.75) is 46.8 Å². The second-order valence-corrected chi connectivity index (χ2v) is 2.87. The highest BCUT2D eigenvalue weighted by Gasteiger charge is 2.21. The molecule has 0 aliphatic rings. The molecule has 0 radical (unpaired) electrons. The summed E-state index contributed by atoms with van der Waals surface area (Å²) in [7, 11) is 0. The molecule has 0 rings (SSSR count). The molecule has 2 atom stereocenters. The van der Waals surface area contributed by atoms with E-state index < -0.39 is 12.1 Å².